The van der Waals surface area contributed by atoms with Crippen molar-refractivity contribution < 1.29 is 0 Å². The fraction of sp³-hybridized carbons (Fsp3) is 0.240. The predicted molar refractivity (Wildman–Crippen MR) is 138 cm³/mol. The molecule has 6 rings (SSSR count). The second-order valence-electron chi connectivity index (χ2n) is 8.63. The second-order valence-corrected chi connectivity index (χ2v) is 10.6. The van der Waals surface area contributed by atoms with Gasteiger partial charge in [-0.3, -0.25) is 9.88 Å². The molecule has 1 aliphatic rings. The van der Waals surface area contributed by atoms with Gasteiger partial charge in [-0.25, -0.2) is 9.97 Å². The quantitative estimate of drug-likeness (QED) is 0.338. The van der Waals surface area contributed by atoms with Gasteiger partial charge in [0.2, 0.25) is 0 Å². The van der Waals surface area contributed by atoms with Crippen LogP contribution in [0.3, 0.4) is 0 Å². The minimum absolute atomic E-state index is 0.765. The number of thiazole rings is 2. The van der Waals surface area contributed by atoms with Gasteiger partial charge in [-0.15, -0.1) is 0 Å². The lowest BCUT2D eigenvalue weighted by Crippen LogP contribution is -2.55. The van der Waals surface area contributed by atoms with Crippen LogP contribution in [-0.2, 0) is 6.54 Å². The van der Waals surface area contributed by atoms with Crippen LogP contribution in [0, 0.1) is 13.8 Å². The van der Waals surface area contributed by atoms with Gasteiger partial charge in [0.1, 0.15) is 0 Å². The molecule has 2 aromatic carbocycles. The molecule has 1 saturated heterocycles. The molecule has 3 aromatic heterocycles. The van der Waals surface area contributed by atoms with Gasteiger partial charge in [-0.1, -0.05) is 40.9 Å². The average Bonchev–Trinajstić information content (AvgIpc) is 3.43. The Bertz CT molecular complexity index is 1340. The molecule has 33 heavy (non-hydrogen) atoms. The third-order valence-electron chi connectivity index (χ3n) is 5.82. The fourth-order valence-electron chi connectivity index (χ4n) is 4.22. The maximum absolute atomic E-state index is 4.96. The minimum atomic E-state index is 0.765. The molecule has 0 amide bonds. The van der Waals surface area contributed by atoms with E-state index in [2.05, 4.69) is 76.0 Å². The first-order chi connectivity index (χ1) is 16.1. The van der Waals surface area contributed by atoms with Crippen LogP contribution in [0.2, 0.25) is 0 Å². The van der Waals surface area contributed by atoms with E-state index in [9.17, 15) is 0 Å². The number of rotatable bonds is 4. The van der Waals surface area contributed by atoms with Crippen molar-refractivity contribution in [2.75, 3.05) is 29.8 Å². The Balaban J connectivity index is 1.35. The monoisotopic (exact) mass is 472 g/mol. The third kappa shape index (κ3) is 4.17. The van der Waals surface area contributed by atoms with E-state index in [1.807, 2.05) is 18.5 Å². The summed E-state index contributed by atoms with van der Waals surface area (Å²) in [7, 11) is 0. The highest BCUT2D eigenvalue weighted by molar-refractivity contribution is 7.22. The molecule has 4 heterocycles. The number of nitrogens with zero attached hydrogens (tertiary/aromatic N) is 6. The number of anilines is 2. The van der Waals surface area contributed by atoms with Gasteiger partial charge in [0, 0.05) is 18.9 Å². The van der Waals surface area contributed by atoms with Gasteiger partial charge in [-0.2, -0.15) is 0 Å². The largest absolute Gasteiger partial charge is 0.317 e. The summed E-state index contributed by atoms with van der Waals surface area (Å²) in [5.41, 5.74) is 5.86. The number of aryl methyl sites for hydroxylation is 2. The summed E-state index contributed by atoms with van der Waals surface area (Å²) in [5.74, 6) is 0. The van der Waals surface area contributed by atoms with Gasteiger partial charge in [0.15, 0.2) is 10.3 Å². The van der Waals surface area contributed by atoms with Gasteiger partial charge in [-0.05, 0) is 60.9 Å². The Kier molecular flexibility index (Phi) is 5.21. The number of fused-ring (bicyclic) bond motifs is 2. The van der Waals surface area contributed by atoms with Gasteiger partial charge >= 0.3 is 0 Å². The highest BCUT2D eigenvalue weighted by Gasteiger charge is 2.28. The van der Waals surface area contributed by atoms with Crippen LogP contribution in [0.15, 0.2) is 60.9 Å². The van der Waals surface area contributed by atoms with E-state index in [-0.39, 0.29) is 0 Å². The number of benzene rings is 2. The molecule has 0 bridgehead atoms. The van der Waals surface area contributed by atoms with Gasteiger partial charge in [0.05, 0.1) is 40.4 Å². The lowest BCUT2D eigenvalue weighted by molar-refractivity contribution is 0.233. The summed E-state index contributed by atoms with van der Waals surface area (Å²) in [4.78, 5) is 21.4. The molecule has 0 unspecified atom stereocenters. The van der Waals surface area contributed by atoms with Crippen LogP contribution in [0.5, 0.6) is 0 Å². The Hall–Kier alpha value is -3.07. The van der Waals surface area contributed by atoms with Crippen molar-refractivity contribution >= 4 is 53.4 Å². The first-order valence-corrected chi connectivity index (χ1v) is 12.6. The number of pyridine rings is 1. The van der Waals surface area contributed by atoms with E-state index in [0.29, 0.717) is 0 Å². The Morgan fingerprint density at radius 3 is 1.94 bits per heavy atom. The molecule has 0 spiro atoms. The van der Waals surface area contributed by atoms with E-state index in [1.165, 1.54) is 26.1 Å². The van der Waals surface area contributed by atoms with Crippen LogP contribution in [0.25, 0.3) is 20.4 Å². The van der Waals surface area contributed by atoms with Crippen LogP contribution in [-0.4, -0.2) is 39.9 Å². The summed E-state index contributed by atoms with van der Waals surface area (Å²) < 4.78 is 2.47. The van der Waals surface area contributed by atoms with Gasteiger partial charge < -0.3 is 9.80 Å². The first-order valence-electron chi connectivity index (χ1n) is 11.0. The molecule has 8 heteroatoms. The molecule has 6 nitrogen and oxygen atoms in total. The highest BCUT2D eigenvalue weighted by atomic mass is 32.1. The van der Waals surface area contributed by atoms with Crippen molar-refractivity contribution in [2.24, 2.45) is 0 Å². The van der Waals surface area contributed by atoms with Crippen LogP contribution >= 0.6 is 22.7 Å². The molecule has 0 N–H and O–H groups in total. The Labute approximate surface area is 200 Å². The summed E-state index contributed by atoms with van der Waals surface area (Å²) in [5, 5.41) is 2.10. The number of hydrogen-bond donors (Lipinski definition) is 0. The molecule has 5 aromatic rings. The zero-order chi connectivity index (χ0) is 22.4. The standard InChI is InChI=1S/C25H24N6S2/c1-17-5-7-20-22(10-17)32-24(27-20)30-14-29(13-19-4-3-9-26-12-19)15-31(16-30)25-28-21-8-6-18(2)11-23(21)33-25/h3-12H,13-16H2,1-2H3. The van der Waals surface area contributed by atoms with Crippen LogP contribution < -0.4 is 9.80 Å². The predicted octanol–water partition coefficient (Wildman–Crippen LogP) is 5.62. The summed E-state index contributed by atoms with van der Waals surface area (Å²) in [6.45, 7) is 7.48. The maximum atomic E-state index is 4.96. The zero-order valence-electron chi connectivity index (χ0n) is 18.6. The third-order valence-corrected chi connectivity index (χ3v) is 7.98. The topological polar surface area (TPSA) is 48.4 Å². The maximum Gasteiger partial charge on any atom is 0.188 e. The van der Waals surface area contributed by atoms with E-state index in [0.717, 1.165) is 47.8 Å². The molecule has 1 fully saturated rings. The summed E-state index contributed by atoms with van der Waals surface area (Å²) in [6, 6.07) is 17.1. The first kappa shape index (κ1) is 20.5. The lowest BCUT2D eigenvalue weighted by Gasteiger charge is -2.42. The normalized spacial score (nSPS) is 15.1. The molecular weight excluding hydrogens is 448 g/mol. The van der Waals surface area contributed by atoms with Crippen molar-refractivity contribution in [3.8, 4) is 0 Å². The number of hydrogen-bond acceptors (Lipinski definition) is 8. The molecule has 0 radical (unpaired) electrons. The smallest absolute Gasteiger partial charge is 0.188 e. The molecule has 0 atom stereocenters. The average molecular weight is 473 g/mol. The Morgan fingerprint density at radius 1 is 0.788 bits per heavy atom. The molecule has 1 aliphatic heterocycles. The van der Waals surface area contributed by atoms with Gasteiger partial charge in [0.25, 0.3) is 0 Å². The molecule has 166 valence electrons. The molecular formula is C25H24N6S2. The van der Waals surface area contributed by atoms with E-state index in [1.54, 1.807) is 22.7 Å². The lowest BCUT2D eigenvalue weighted by atomic mass is 10.2. The van der Waals surface area contributed by atoms with E-state index >= 15 is 0 Å². The zero-order valence-corrected chi connectivity index (χ0v) is 20.2. The van der Waals surface area contributed by atoms with Crippen molar-refractivity contribution in [1.29, 1.82) is 0 Å². The van der Waals surface area contributed by atoms with Crippen molar-refractivity contribution in [3.63, 3.8) is 0 Å². The van der Waals surface area contributed by atoms with Crippen molar-refractivity contribution in [1.82, 2.24) is 19.9 Å². The fourth-order valence-corrected chi connectivity index (χ4v) is 6.32. The molecule has 0 saturated carbocycles. The summed E-state index contributed by atoms with van der Waals surface area (Å²) >= 11 is 3.53. The van der Waals surface area contributed by atoms with Crippen LogP contribution in [0.4, 0.5) is 10.3 Å². The Morgan fingerprint density at radius 2 is 1.39 bits per heavy atom. The second kappa shape index (κ2) is 8.37. The summed E-state index contributed by atoms with van der Waals surface area (Å²) in [6.07, 6.45) is 3.77. The van der Waals surface area contributed by atoms with E-state index in [4.69, 9.17) is 9.97 Å². The van der Waals surface area contributed by atoms with Crippen molar-refractivity contribution in [3.05, 3.63) is 77.6 Å². The van der Waals surface area contributed by atoms with E-state index < -0.39 is 0 Å². The SMILES string of the molecule is Cc1ccc2nc(N3CN(Cc4cccnc4)CN(c4nc5ccc(C)cc5s4)C3)sc2c1. The molecule has 0 aliphatic carbocycles. The minimum Gasteiger partial charge on any atom is -0.317 e. The van der Waals surface area contributed by atoms with Crippen molar-refractivity contribution in [2.45, 2.75) is 20.4 Å². The highest BCUT2D eigenvalue weighted by Crippen LogP contribution is 2.34. The number of aromatic nitrogens is 3. The van der Waals surface area contributed by atoms with Crippen LogP contribution in [0.1, 0.15) is 16.7 Å².